The Bertz CT molecular complexity index is 508. The molecular weight excluding hydrogens is 230 g/mol. The molecule has 0 aliphatic heterocycles. The summed E-state index contributed by atoms with van der Waals surface area (Å²) >= 11 is 0. The molecular formula is C12H15N5O. The summed E-state index contributed by atoms with van der Waals surface area (Å²) in [4.78, 5) is 15.5. The second kappa shape index (κ2) is 5.81. The first-order chi connectivity index (χ1) is 8.74. The molecule has 0 aliphatic carbocycles. The highest BCUT2D eigenvalue weighted by atomic mass is 16.2. The SMILES string of the molecule is Cn1cc(CCNC(=O)Nc2ccccn2)cn1. The minimum atomic E-state index is -0.252. The van der Waals surface area contributed by atoms with E-state index in [1.54, 1.807) is 29.2 Å². The van der Waals surface area contributed by atoms with E-state index in [0.717, 1.165) is 12.0 Å². The van der Waals surface area contributed by atoms with E-state index >= 15 is 0 Å². The molecule has 0 saturated heterocycles. The Morgan fingerprint density at radius 1 is 1.44 bits per heavy atom. The van der Waals surface area contributed by atoms with Gasteiger partial charge in [-0.25, -0.2) is 9.78 Å². The third kappa shape index (κ3) is 3.58. The van der Waals surface area contributed by atoms with Gasteiger partial charge in [-0.3, -0.25) is 10.00 Å². The maximum Gasteiger partial charge on any atom is 0.320 e. The van der Waals surface area contributed by atoms with Crippen molar-refractivity contribution in [1.82, 2.24) is 20.1 Å². The summed E-state index contributed by atoms with van der Waals surface area (Å²) < 4.78 is 1.74. The zero-order chi connectivity index (χ0) is 12.8. The molecule has 2 aromatic rings. The summed E-state index contributed by atoms with van der Waals surface area (Å²) in [5.41, 5.74) is 1.09. The molecule has 2 rings (SSSR count). The molecule has 0 unspecified atom stereocenters. The lowest BCUT2D eigenvalue weighted by molar-refractivity contribution is 0.252. The van der Waals surface area contributed by atoms with Gasteiger partial charge in [-0.1, -0.05) is 6.07 Å². The van der Waals surface area contributed by atoms with Crippen molar-refractivity contribution < 1.29 is 4.79 Å². The third-order valence-electron chi connectivity index (χ3n) is 2.36. The molecule has 2 N–H and O–H groups in total. The van der Waals surface area contributed by atoms with E-state index < -0.39 is 0 Å². The van der Waals surface area contributed by atoms with Gasteiger partial charge in [0.1, 0.15) is 5.82 Å². The maximum atomic E-state index is 11.5. The van der Waals surface area contributed by atoms with Gasteiger partial charge < -0.3 is 5.32 Å². The van der Waals surface area contributed by atoms with Crippen molar-refractivity contribution in [2.45, 2.75) is 6.42 Å². The van der Waals surface area contributed by atoms with Gasteiger partial charge in [0.2, 0.25) is 0 Å². The van der Waals surface area contributed by atoms with Crippen molar-refractivity contribution in [2.75, 3.05) is 11.9 Å². The van der Waals surface area contributed by atoms with Gasteiger partial charge in [0.05, 0.1) is 6.20 Å². The number of carbonyl (C=O) groups excluding carboxylic acids is 1. The van der Waals surface area contributed by atoms with Crippen LogP contribution in [0.5, 0.6) is 0 Å². The lowest BCUT2D eigenvalue weighted by atomic mass is 10.2. The van der Waals surface area contributed by atoms with Crippen molar-refractivity contribution in [3.05, 3.63) is 42.4 Å². The molecule has 0 fully saturated rings. The summed E-state index contributed by atoms with van der Waals surface area (Å²) in [5, 5.41) is 9.47. The van der Waals surface area contributed by atoms with Gasteiger partial charge in [0, 0.05) is 26.0 Å². The number of pyridine rings is 1. The van der Waals surface area contributed by atoms with Crippen molar-refractivity contribution in [3.63, 3.8) is 0 Å². The average Bonchev–Trinajstić information content (AvgIpc) is 2.76. The summed E-state index contributed by atoms with van der Waals surface area (Å²) in [6, 6.07) is 5.10. The van der Waals surface area contributed by atoms with Gasteiger partial charge in [-0.2, -0.15) is 5.10 Å². The molecule has 18 heavy (non-hydrogen) atoms. The third-order valence-corrected chi connectivity index (χ3v) is 2.36. The number of amides is 2. The molecule has 2 amide bonds. The lowest BCUT2D eigenvalue weighted by Gasteiger charge is -2.05. The Kier molecular flexibility index (Phi) is 3.90. The van der Waals surface area contributed by atoms with E-state index in [1.165, 1.54) is 0 Å². The molecule has 0 spiro atoms. The Balaban J connectivity index is 1.72. The monoisotopic (exact) mass is 245 g/mol. The van der Waals surface area contributed by atoms with E-state index in [4.69, 9.17) is 0 Å². The molecule has 6 heteroatoms. The second-order valence-corrected chi connectivity index (χ2v) is 3.87. The van der Waals surface area contributed by atoms with Crippen LogP contribution < -0.4 is 10.6 Å². The van der Waals surface area contributed by atoms with Crippen molar-refractivity contribution >= 4 is 11.8 Å². The second-order valence-electron chi connectivity index (χ2n) is 3.87. The Morgan fingerprint density at radius 2 is 2.33 bits per heavy atom. The summed E-state index contributed by atoms with van der Waals surface area (Å²) in [7, 11) is 1.87. The van der Waals surface area contributed by atoms with Crippen LogP contribution in [0.3, 0.4) is 0 Å². The van der Waals surface area contributed by atoms with Gasteiger partial charge in [-0.05, 0) is 24.1 Å². The minimum absolute atomic E-state index is 0.252. The number of anilines is 1. The van der Waals surface area contributed by atoms with Crippen LogP contribution in [0.4, 0.5) is 10.6 Å². The van der Waals surface area contributed by atoms with Crippen molar-refractivity contribution in [3.8, 4) is 0 Å². The number of aryl methyl sites for hydroxylation is 1. The molecule has 0 bridgehead atoms. The molecule has 94 valence electrons. The number of nitrogens with one attached hydrogen (secondary N) is 2. The molecule has 0 atom stereocenters. The number of urea groups is 1. The molecule has 2 heterocycles. The topological polar surface area (TPSA) is 71.8 Å². The van der Waals surface area contributed by atoms with E-state index in [9.17, 15) is 4.79 Å². The zero-order valence-electron chi connectivity index (χ0n) is 10.1. The highest BCUT2D eigenvalue weighted by Crippen LogP contribution is 1.99. The van der Waals surface area contributed by atoms with Crippen LogP contribution in [-0.4, -0.2) is 27.3 Å². The van der Waals surface area contributed by atoms with Gasteiger partial charge in [0.25, 0.3) is 0 Å². The largest absolute Gasteiger partial charge is 0.337 e. The fraction of sp³-hybridized carbons (Fsp3) is 0.250. The van der Waals surface area contributed by atoms with E-state index in [2.05, 4.69) is 20.7 Å². The number of carbonyl (C=O) groups is 1. The summed E-state index contributed by atoms with van der Waals surface area (Å²) in [6.07, 6.45) is 6.10. The molecule has 0 saturated carbocycles. The number of rotatable bonds is 4. The number of nitrogens with zero attached hydrogens (tertiary/aromatic N) is 3. The number of aromatic nitrogens is 3. The molecule has 0 aliphatic rings. The first kappa shape index (κ1) is 12.1. The highest BCUT2D eigenvalue weighted by molar-refractivity contribution is 5.88. The Morgan fingerprint density at radius 3 is 3.00 bits per heavy atom. The number of hydrogen-bond donors (Lipinski definition) is 2. The lowest BCUT2D eigenvalue weighted by Crippen LogP contribution is -2.30. The standard InChI is InChI=1S/C12H15N5O/c1-17-9-10(8-15-17)5-7-14-12(18)16-11-4-2-3-6-13-11/h2-4,6,8-9H,5,7H2,1H3,(H2,13,14,16,18). The minimum Gasteiger partial charge on any atom is -0.337 e. The first-order valence-corrected chi connectivity index (χ1v) is 5.67. The van der Waals surface area contributed by atoms with Crippen LogP contribution >= 0.6 is 0 Å². The van der Waals surface area contributed by atoms with Crippen molar-refractivity contribution in [1.29, 1.82) is 0 Å². The molecule has 2 aromatic heterocycles. The fourth-order valence-electron chi connectivity index (χ4n) is 1.52. The highest BCUT2D eigenvalue weighted by Gasteiger charge is 2.02. The average molecular weight is 245 g/mol. The Labute approximate surface area is 105 Å². The first-order valence-electron chi connectivity index (χ1n) is 5.67. The molecule has 0 aromatic carbocycles. The maximum absolute atomic E-state index is 11.5. The van der Waals surface area contributed by atoms with Crippen LogP contribution in [-0.2, 0) is 13.5 Å². The van der Waals surface area contributed by atoms with Crippen LogP contribution in [0.25, 0.3) is 0 Å². The van der Waals surface area contributed by atoms with Crippen LogP contribution in [0.2, 0.25) is 0 Å². The van der Waals surface area contributed by atoms with Gasteiger partial charge in [0.15, 0.2) is 0 Å². The molecule has 6 nitrogen and oxygen atoms in total. The van der Waals surface area contributed by atoms with E-state index in [1.807, 2.05) is 19.3 Å². The summed E-state index contributed by atoms with van der Waals surface area (Å²) in [5.74, 6) is 0.538. The predicted octanol–water partition coefficient (Wildman–Crippen LogP) is 1.18. The van der Waals surface area contributed by atoms with Crippen molar-refractivity contribution in [2.24, 2.45) is 7.05 Å². The summed E-state index contributed by atoms with van der Waals surface area (Å²) in [6.45, 7) is 0.560. The van der Waals surface area contributed by atoms with E-state index in [-0.39, 0.29) is 6.03 Å². The quantitative estimate of drug-likeness (QED) is 0.849. The van der Waals surface area contributed by atoms with Gasteiger partial charge in [-0.15, -0.1) is 0 Å². The number of hydrogen-bond acceptors (Lipinski definition) is 3. The smallest absolute Gasteiger partial charge is 0.320 e. The zero-order valence-corrected chi connectivity index (χ0v) is 10.1. The molecule has 0 radical (unpaired) electrons. The van der Waals surface area contributed by atoms with E-state index in [0.29, 0.717) is 12.4 Å². The fourth-order valence-corrected chi connectivity index (χ4v) is 1.52. The normalized spacial score (nSPS) is 10.1. The van der Waals surface area contributed by atoms with Crippen LogP contribution in [0, 0.1) is 0 Å². The van der Waals surface area contributed by atoms with Crippen LogP contribution in [0.15, 0.2) is 36.8 Å². The predicted molar refractivity (Wildman–Crippen MR) is 68.2 cm³/mol. The van der Waals surface area contributed by atoms with Gasteiger partial charge >= 0.3 is 6.03 Å². The van der Waals surface area contributed by atoms with Crippen LogP contribution in [0.1, 0.15) is 5.56 Å². The Hall–Kier alpha value is -2.37.